The lowest BCUT2D eigenvalue weighted by molar-refractivity contribution is -0.132. The van der Waals surface area contributed by atoms with Gasteiger partial charge in [0.05, 0.1) is 5.69 Å². The number of anilines is 1. The van der Waals surface area contributed by atoms with E-state index in [9.17, 15) is 14.3 Å². The molecule has 0 spiro atoms. The van der Waals surface area contributed by atoms with E-state index in [2.05, 4.69) is 5.32 Å². The Bertz CT molecular complexity index is 590. The number of carbonyl (C=O) groups excluding carboxylic acids is 1. The number of nitrogens with one attached hydrogen (secondary N) is 1. The highest BCUT2D eigenvalue weighted by molar-refractivity contribution is 5.98. The summed E-state index contributed by atoms with van der Waals surface area (Å²) in [5.74, 6) is -0.534. The van der Waals surface area contributed by atoms with Crippen LogP contribution in [0.4, 0.5) is 10.1 Å². The third-order valence-electron chi connectivity index (χ3n) is 5.12. The van der Waals surface area contributed by atoms with E-state index in [-0.39, 0.29) is 24.3 Å². The van der Waals surface area contributed by atoms with Gasteiger partial charge >= 0.3 is 0 Å². The Kier molecular flexibility index (Phi) is 5.48. The molecule has 0 bridgehead atoms. The summed E-state index contributed by atoms with van der Waals surface area (Å²) in [7, 11) is 1.54. The van der Waals surface area contributed by atoms with Gasteiger partial charge in [0.1, 0.15) is 11.9 Å². The zero-order valence-corrected chi connectivity index (χ0v) is 14.0. The van der Waals surface area contributed by atoms with Gasteiger partial charge in [-0.05, 0) is 49.9 Å². The van der Waals surface area contributed by atoms with Crippen LogP contribution in [-0.4, -0.2) is 50.5 Å². The van der Waals surface area contributed by atoms with Crippen LogP contribution in [-0.2, 0) is 16.0 Å². The van der Waals surface area contributed by atoms with Crippen molar-refractivity contribution in [2.24, 2.45) is 11.8 Å². The summed E-state index contributed by atoms with van der Waals surface area (Å²) >= 11 is 0. The Morgan fingerprint density at radius 1 is 1.46 bits per heavy atom. The Morgan fingerprint density at radius 2 is 2.21 bits per heavy atom. The van der Waals surface area contributed by atoms with Gasteiger partial charge in [-0.25, -0.2) is 4.39 Å². The molecule has 2 aliphatic heterocycles. The van der Waals surface area contributed by atoms with E-state index in [1.165, 1.54) is 11.0 Å². The second-order valence-corrected chi connectivity index (χ2v) is 6.69. The number of carbonyl (C=O) groups is 1. The van der Waals surface area contributed by atoms with E-state index in [4.69, 9.17) is 4.74 Å². The monoisotopic (exact) mass is 336 g/mol. The molecule has 1 saturated heterocycles. The largest absolute Gasteiger partial charge is 0.396 e. The molecule has 1 fully saturated rings. The number of piperidine rings is 1. The summed E-state index contributed by atoms with van der Waals surface area (Å²) in [5.41, 5.74) is 1.12. The summed E-state index contributed by atoms with van der Waals surface area (Å²) in [6.45, 7) is 2.03. The van der Waals surface area contributed by atoms with Crippen LogP contribution in [0.2, 0.25) is 0 Å². The minimum Gasteiger partial charge on any atom is -0.396 e. The van der Waals surface area contributed by atoms with Crippen molar-refractivity contribution in [1.29, 1.82) is 0 Å². The predicted molar refractivity (Wildman–Crippen MR) is 89.4 cm³/mol. The molecule has 2 aliphatic rings. The third-order valence-corrected chi connectivity index (χ3v) is 5.12. The van der Waals surface area contributed by atoms with Crippen molar-refractivity contribution in [3.63, 3.8) is 0 Å². The summed E-state index contributed by atoms with van der Waals surface area (Å²) in [6.07, 6.45) is 1.74. The van der Waals surface area contributed by atoms with E-state index in [0.29, 0.717) is 18.7 Å². The van der Waals surface area contributed by atoms with Gasteiger partial charge < -0.3 is 20.1 Å². The SMILES string of the molecule is COC(C(=O)N1CC(CO)Cc2cccc(F)c21)C1CCNCC1. The fraction of sp³-hybridized carbons (Fsp3) is 0.611. The molecule has 24 heavy (non-hydrogen) atoms. The van der Waals surface area contributed by atoms with Gasteiger partial charge in [0, 0.05) is 26.2 Å². The number of amides is 1. The molecule has 6 heteroatoms. The number of halogens is 1. The van der Waals surface area contributed by atoms with Crippen LogP contribution in [0.3, 0.4) is 0 Å². The number of hydrogen-bond donors (Lipinski definition) is 2. The highest BCUT2D eigenvalue weighted by Gasteiger charge is 2.37. The van der Waals surface area contributed by atoms with Gasteiger partial charge in [0.25, 0.3) is 5.91 Å². The van der Waals surface area contributed by atoms with Crippen molar-refractivity contribution in [3.8, 4) is 0 Å². The maximum atomic E-state index is 14.4. The second kappa shape index (κ2) is 7.59. The van der Waals surface area contributed by atoms with E-state index in [1.54, 1.807) is 13.2 Å². The van der Waals surface area contributed by atoms with Crippen molar-refractivity contribution in [1.82, 2.24) is 5.32 Å². The standard InChI is InChI=1S/C18H25FN2O3/c1-24-17(13-5-7-20-8-6-13)18(23)21-10-12(11-22)9-14-3-2-4-15(19)16(14)21/h2-4,12-13,17,20,22H,5-11H2,1H3. The highest BCUT2D eigenvalue weighted by Crippen LogP contribution is 2.34. The molecule has 132 valence electrons. The number of hydrogen-bond acceptors (Lipinski definition) is 4. The van der Waals surface area contributed by atoms with Crippen LogP contribution in [0.25, 0.3) is 0 Å². The maximum Gasteiger partial charge on any atom is 0.256 e. The minimum absolute atomic E-state index is 0.0231. The lowest BCUT2D eigenvalue weighted by atomic mass is 9.88. The molecule has 0 radical (unpaired) electrons. The molecule has 0 saturated carbocycles. The lowest BCUT2D eigenvalue weighted by Crippen LogP contribution is -2.50. The molecular weight excluding hydrogens is 311 g/mol. The molecular formula is C18H25FN2O3. The first-order chi connectivity index (χ1) is 11.7. The molecule has 1 amide bonds. The summed E-state index contributed by atoms with van der Waals surface area (Å²) < 4.78 is 19.9. The molecule has 2 heterocycles. The fourth-order valence-electron chi connectivity index (χ4n) is 3.87. The van der Waals surface area contributed by atoms with Gasteiger partial charge in [-0.3, -0.25) is 4.79 Å². The molecule has 5 nitrogen and oxygen atoms in total. The average Bonchev–Trinajstić information content (AvgIpc) is 2.62. The molecule has 2 N–H and O–H groups in total. The van der Waals surface area contributed by atoms with E-state index in [0.717, 1.165) is 31.5 Å². The van der Waals surface area contributed by atoms with E-state index < -0.39 is 11.9 Å². The first kappa shape index (κ1) is 17.3. The molecule has 1 aromatic carbocycles. The lowest BCUT2D eigenvalue weighted by Gasteiger charge is -2.38. The zero-order valence-electron chi connectivity index (χ0n) is 14.0. The van der Waals surface area contributed by atoms with E-state index >= 15 is 0 Å². The second-order valence-electron chi connectivity index (χ2n) is 6.69. The van der Waals surface area contributed by atoms with Gasteiger partial charge in [0.2, 0.25) is 0 Å². The Hall–Kier alpha value is -1.50. The molecule has 2 unspecified atom stereocenters. The number of rotatable bonds is 4. The highest BCUT2D eigenvalue weighted by atomic mass is 19.1. The molecule has 0 aliphatic carbocycles. The quantitative estimate of drug-likeness (QED) is 0.871. The smallest absolute Gasteiger partial charge is 0.256 e. The van der Waals surface area contributed by atoms with Crippen molar-refractivity contribution in [3.05, 3.63) is 29.6 Å². The summed E-state index contributed by atoms with van der Waals surface area (Å²) in [5, 5.41) is 12.8. The number of ether oxygens (including phenoxy) is 1. The maximum absolute atomic E-state index is 14.4. The topological polar surface area (TPSA) is 61.8 Å². The Labute approximate surface area is 141 Å². The molecule has 1 aromatic rings. The number of aliphatic hydroxyl groups excluding tert-OH is 1. The van der Waals surface area contributed by atoms with Crippen molar-refractivity contribution >= 4 is 11.6 Å². The van der Waals surface area contributed by atoms with Crippen LogP contribution in [0.15, 0.2) is 18.2 Å². The van der Waals surface area contributed by atoms with Gasteiger partial charge in [-0.15, -0.1) is 0 Å². The van der Waals surface area contributed by atoms with Crippen LogP contribution >= 0.6 is 0 Å². The first-order valence-corrected chi connectivity index (χ1v) is 8.58. The van der Waals surface area contributed by atoms with Gasteiger partial charge in [-0.2, -0.15) is 0 Å². The molecule has 3 rings (SSSR count). The third kappa shape index (κ3) is 3.31. The summed E-state index contributed by atoms with van der Waals surface area (Å²) in [6, 6.07) is 4.86. The van der Waals surface area contributed by atoms with Crippen molar-refractivity contribution in [2.45, 2.75) is 25.4 Å². The number of nitrogens with zero attached hydrogens (tertiary/aromatic N) is 1. The number of fused-ring (bicyclic) bond motifs is 1. The molecule has 2 atom stereocenters. The summed E-state index contributed by atoms with van der Waals surface area (Å²) in [4.78, 5) is 14.6. The van der Waals surface area contributed by atoms with Crippen LogP contribution < -0.4 is 10.2 Å². The van der Waals surface area contributed by atoms with Crippen molar-refractivity contribution in [2.75, 3.05) is 38.3 Å². The zero-order chi connectivity index (χ0) is 17.1. The predicted octanol–water partition coefficient (Wildman–Crippen LogP) is 1.34. The Morgan fingerprint density at radius 3 is 2.88 bits per heavy atom. The normalized spacial score (nSPS) is 23.0. The number of benzene rings is 1. The number of methoxy groups -OCH3 is 1. The molecule has 0 aromatic heterocycles. The number of aliphatic hydroxyl groups is 1. The van der Waals surface area contributed by atoms with Gasteiger partial charge in [-0.1, -0.05) is 12.1 Å². The van der Waals surface area contributed by atoms with Gasteiger partial charge in [0.15, 0.2) is 0 Å². The minimum atomic E-state index is -0.572. The van der Waals surface area contributed by atoms with E-state index in [1.807, 2.05) is 6.07 Å². The number of para-hydroxylation sites is 1. The van der Waals surface area contributed by atoms with Crippen LogP contribution in [0.1, 0.15) is 18.4 Å². The first-order valence-electron chi connectivity index (χ1n) is 8.58. The average molecular weight is 336 g/mol. The van der Waals surface area contributed by atoms with Crippen molar-refractivity contribution < 1.29 is 19.0 Å². The van der Waals surface area contributed by atoms with Crippen LogP contribution in [0, 0.1) is 17.7 Å². The fourth-order valence-corrected chi connectivity index (χ4v) is 3.87. The Balaban J connectivity index is 1.90. The van der Waals surface area contributed by atoms with Crippen LogP contribution in [0.5, 0.6) is 0 Å².